The zero-order valence-corrected chi connectivity index (χ0v) is 14.6. The van der Waals surface area contributed by atoms with Gasteiger partial charge in [-0.25, -0.2) is 0 Å². The second kappa shape index (κ2) is 10.6. The summed E-state index contributed by atoms with van der Waals surface area (Å²) in [5.74, 6) is 0.707. The lowest BCUT2D eigenvalue weighted by Gasteiger charge is -2.27. The number of guanidine groups is 1. The van der Waals surface area contributed by atoms with E-state index in [0.717, 1.165) is 52.3 Å². The van der Waals surface area contributed by atoms with Gasteiger partial charge in [-0.1, -0.05) is 0 Å². The molecule has 0 bridgehead atoms. The molecule has 6 heteroatoms. The predicted octanol–water partition coefficient (Wildman–Crippen LogP) is 1.99. The van der Waals surface area contributed by atoms with Gasteiger partial charge in [-0.15, -0.1) is 24.0 Å². The molecule has 0 radical (unpaired) electrons. The molecule has 0 saturated carbocycles. The summed E-state index contributed by atoms with van der Waals surface area (Å²) in [6.07, 6.45) is 7.36. The quantitative estimate of drug-likeness (QED) is 0.322. The van der Waals surface area contributed by atoms with Crippen molar-refractivity contribution in [3.63, 3.8) is 0 Å². The molecule has 118 valence electrons. The maximum atomic E-state index is 5.98. The minimum absolute atomic E-state index is 0. The maximum absolute atomic E-state index is 5.98. The predicted molar refractivity (Wildman–Crippen MR) is 91.7 cm³/mol. The molecule has 0 aromatic carbocycles. The normalized spacial score (nSPS) is 23.7. The summed E-state index contributed by atoms with van der Waals surface area (Å²) in [5, 5.41) is 0. The molecule has 2 fully saturated rings. The molecule has 2 saturated heterocycles. The van der Waals surface area contributed by atoms with Crippen LogP contribution in [0.2, 0.25) is 0 Å². The first kappa shape index (κ1) is 18.0. The summed E-state index contributed by atoms with van der Waals surface area (Å²) in [4.78, 5) is 6.62. The highest BCUT2D eigenvalue weighted by molar-refractivity contribution is 14.0. The summed E-state index contributed by atoms with van der Waals surface area (Å²) in [6.45, 7) is 5.25. The Labute approximate surface area is 139 Å². The lowest BCUT2D eigenvalue weighted by Crippen LogP contribution is -2.40. The number of hydrogen-bond donors (Lipinski definition) is 1. The molecule has 2 N–H and O–H groups in total. The van der Waals surface area contributed by atoms with E-state index < -0.39 is 0 Å². The van der Waals surface area contributed by atoms with Gasteiger partial charge in [0.15, 0.2) is 5.96 Å². The molecule has 2 rings (SSSR count). The number of aliphatic imine (C=N–C) groups is 1. The van der Waals surface area contributed by atoms with Crippen molar-refractivity contribution in [1.29, 1.82) is 0 Å². The standard InChI is InChI=1S/C14H27N3O2.HI/c15-14(17-8-2-1-3-9-17)16-7-5-10-18-12-13-6-4-11-19-13;/h13H,1-12H2,(H2,15,16);1H. The van der Waals surface area contributed by atoms with Crippen LogP contribution in [0.15, 0.2) is 4.99 Å². The Balaban J connectivity index is 0.00000200. The number of ether oxygens (including phenoxy) is 2. The van der Waals surface area contributed by atoms with Gasteiger partial charge in [-0.2, -0.15) is 0 Å². The van der Waals surface area contributed by atoms with E-state index in [1.54, 1.807) is 0 Å². The van der Waals surface area contributed by atoms with Gasteiger partial charge < -0.3 is 20.1 Å². The highest BCUT2D eigenvalue weighted by atomic mass is 127. The molecule has 1 atom stereocenters. The molecular weight excluding hydrogens is 369 g/mol. The van der Waals surface area contributed by atoms with E-state index in [-0.39, 0.29) is 24.0 Å². The van der Waals surface area contributed by atoms with Crippen LogP contribution in [0.25, 0.3) is 0 Å². The van der Waals surface area contributed by atoms with Crippen molar-refractivity contribution in [3.8, 4) is 0 Å². The second-order valence-corrected chi connectivity index (χ2v) is 5.35. The smallest absolute Gasteiger partial charge is 0.191 e. The number of piperidine rings is 1. The third kappa shape index (κ3) is 6.58. The van der Waals surface area contributed by atoms with E-state index in [9.17, 15) is 0 Å². The SMILES string of the molecule is I.NC(=NCCCOCC1CCCO1)N1CCCCC1. The number of nitrogens with two attached hydrogens (primary N) is 1. The topological polar surface area (TPSA) is 60.1 Å². The van der Waals surface area contributed by atoms with Gasteiger partial charge in [-0.05, 0) is 38.5 Å². The Bertz CT molecular complexity index is 278. The van der Waals surface area contributed by atoms with E-state index in [2.05, 4.69) is 9.89 Å². The van der Waals surface area contributed by atoms with Crippen molar-refractivity contribution in [3.05, 3.63) is 0 Å². The van der Waals surface area contributed by atoms with Crippen LogP contribution < -0.4 is 5.73 Å². The first-order valence-corrected chi connectivity index (χ1v) is 7.60. The second-order valence-electron chi connectivity index (χ2n) is 5.35. The number of rotatable bonds is 6. The van der Waals surface area contributed by atoms with Crippen LogP contribution in [0, 0.1) is 0 Å². The van der Waals surface area contributed by atoms with Crippen LogP contribution in [0.3, 0.4) is 0 Å². The first-order chi connectivity index (χ1) is 9.36. The van der Waals surface area contributed by atoms with Crippen LogP contribution in [-0.2, 0) is 9.47 Å². The largest absolute Gasteiger partial charge is 0.379 e. The molecule has 0 aliphatic carbocycles. The maximum Gasteiger partial charge on any atom is 0.191 e. The molecule has 5 nitrogen and oxygen atoms in total. The fourth-order valence-electron chi connectivity index (χ4n) is 2.57. The molecule has 0 aromatic heterocycles. The van der Waals surface area contributed by atoms with Gasteiger partial charge in [-0.3, -0.25) is 4.99 Å². The number of hydrogen-bond acceptors (Lipinski definition) is 3. The first-order valence-electron chi connectivity index (χ1n) is 7.60. The fourth-order valence-corrected chi connectivity index (χ4v) is 2.57. The van der Waals surface area contributed by atoms with Crippen LogP contribution in [0.1, 0.15) is 38.5 Å². The highest BCUT2D eigenvalue weighted by Gasteiger charge is 2.15. The van der Waals surface area contributed by atoms with E-state index in [0.29, 0.717) is 12.1 Å². The minimum Gasteiger partial charge on any atom is -0.379 e. The number of halogens is 1. The Morgan fingerprint density at radius 1 is 1.25 bits per heavy atom. The van der Waals surface area contributed by atoms with Crippen molar-refractivity contribution >= 4 is 29.9 Å². The number of likely N-dealkylation sites (tertiary alicyclic amines) is 1. The van der Waals surface area contributed by atoms with Gasteiger partial charge in [0, 0.05) is 32.8 Å². The zero-order chi connectivity index (χ0) is 13.3. The Hall–Kier alpha value is -0.0800. The molecule has 0 amide bonds. The van der Waals surface area contributed by atoms with Crippen LogP contribution in [0.4, 0.5) is 0 Å². The molecule has 2 aliphatic heterocycles. The Kier molecular flexibility index (Phi) is 9.54. The molecule has 2 aliphatic rings. The molecule has 0 aromatic rings. The Morgan fingerprint density at radius 2 is 2.05 bits per heavy atom. The highest BCUT2D eigenvalue weighted by Crippen LogP contribution is 2.12. The average molecular weight is 397 g/mol. The van der Waals surface area contributed by atoms with E-state index in [1.165, 1.54) is 25.7 Å². The lowest BCUT2D eigenvalue weighted by atomic mass is 10.1. The third-order valence-electron chi connectivity index (χ3n) is 3.73. The monoisotopic (exact) mass is 397 g/mol. The van der Waals surface area contributed by atoms with E-state index >= 15 is 0 Å². The van der Waals surface area contributed by atoms with Crippen molar-refractivity contribution < 1.29 is 9.47 Å². The fraction of sp³-hybridized carbons (Fsp3) is 0.929. The molecule has 1 unspecified atom stereocenters. The van der Waals surface area contributed by atoms with Crippen molar-refractivity contribution in [2.24, 2.45) is 10.7 Å². The van der Waals surface area contributed by atoms with Gasteiger partial charge in [0.1, 0.15) is 0 Å². The van der Waals surface area contributed by atoms with Gasteiger partial charge in [0.25, 0.3) is 0 Å². The average Bonchev–Trinajstić information content (AvgIpc) is 2.96. The molecular formula is C14H28IN3O2. The molecule has 0 spiro atoms. The van der Waals surface area contributed by atoms with Gasteiger partial charge in [0.2, 0.25) is 0 Å². The van der Waals surface area contributed by atoms with E-state index in [1.807, 2.05) is 0 Å². The van der Waals surface area contributed by atoms with Crippen molar-refractivity contribution in [2.45, 2.75) is 44.6 Å². The number of nitrogens with zero attached hydrogens (tertiary/aromatic N) is 2. The zero-order valence-electron chi connectivity index (χ0n) is 12.3. The van der Waals surface area contributed by atoms with E-state index in [4.69, 9.17) is 15.2 Å². The van der Waals surface area contributed by atoms with Crippen LogP contribution >= 0.6 is 24.0 Å². The van der Waals surface area contributed by atoms with Gasteiger partial charge >= 0.3 is 0 Å². The minimum atomic E-state index is 0. The third-order valence-corrected chi connectivity index (χ3v) is 3.73. The summed E-state index contributed by atoms with van der Waals surface area (Å²) in [5.41, 5.74) is 5.98. The summed E-state index contributed by atoms with van der Waals surface area (Å²) >= 11 is 0. The van der Waals surface area contributed by atoms with Crippen molar-refractivity contribution in [1.82, 2.24) is 4.90 Å². The van der Waals surface area contributed by atoms with Gasteiger partial charge in [0.05, 0.1) is 12.7 Å². The van der Waals surface area contributed by atoms with Crippen LogP contribution in [-0.4, -0.2) is 56.4 Å². The summed E-state index contributed by atoms with van der Waals surface area (Å²) in [7, 11) is 0. The molecule has 20 heavy (non-hydrogen) atoms. The Morgan fingerprint density at radius 3 is 2.75 bits per heavy atom. The van der Waals surface area contributed by atoms with Crippen molar-refractivity contribution in [2.75, 3.05) is 39.5 Å². The van der Waals surface area contributed by atoms with Crippen LogP contribution in [0.5, 0.6) is 0 Å². The molecule has 2 heterocycles. The lowest BCUT2D eigenvalue weighted by molar-refractivity contribution is 0.0170. The summed E-state index contributed by atoms with van der Waals surface area (Å²) in [6, 6.07) is 0. The summed E-state index contributed by atoms with van der Waals surface area (Å²) < 4.78 is 11.1.